The normalized spacial score (nSPS) is 14.7. The number of thiazole rings is 1. The van der Waals surface area contributed by atoms with Crippen molar-refractivity contribution in [3.8, 4) is 17.2 Å². The van der Waals surface area contributed by atoms with Gasteiger partial charge in [0.2, 0.25) is 0 Å². The molecule has 210 valence electrons. The number of carbonyl (C=O) groups is 1. The number of ether oxygens (including phenoxy) is 4. The highest BCUT2D eigenvalue weighted by Gasteiger charge is 2.33. The highest BCUT2D eigenvalue weighted by Crippen LogP contribution is 2.36. The fraction of sp³-hybridized carbons (Fsp3) is 0.219. The van der Waals surface area contributed by atoms with Crippen LogP contribution in [-0.2, 0) is 16.1 Å². The summed E-state index contributed by atoms with van der Waals surface area (Å²) < 4.78 is 24.2. The molecule has 4 aromatic rings. The van der Waals surface area contributed by atoms with Gasteiger partial charge in [-0.05, 0) is 60.9 Å². The molecule has 3 aromatic carbocycles. The minimum atomic E-state index is -0.749. The van der Waals surface area contributed by atoms with Crippen molar-refractivity contribution in [3.63, 3.8) is 0 Å². The van der Waals surface area contributed by atoms with Crippen LogP contribution in [0.1, 0.15) is 36.6 Å². The number of aromatic nitrogens is 1. The Kier molecular flexibility index (Phi) is 8.35. The Balaban J connectivity index is 1.54. The van der Waals surface area contributed by atoms with E-state index in [9.17, 15) is 9.59 Å². The van der Waals surface area contributed by atoms with Gasteiger partial charge in [-0.3, -0.25) is 9.36 Å². The van der Waals surface area contributed by atoms with Gasteiger partial charge in [-0.25, -0.2) is 9.79 Å². The third-order valence-electron chi connectivity index (χ3n) is 6.67. The van der Waals surface area contributed by atoms with Crippen molar-refractivity contribution in [1.82, 2.24) is 4.57 Å². The Morgan fingerprint density at radius 2 is 1.73 bits per heavy atom. The average molecular weight is 571 g/mol. The first-order valence-corrected chi connectivity index (χ1v) is 13.9. The summed E-state index contributed by atoms with van der Waals surface area (Å²) in [6.45, 7) is 4.17. The Hall–Kier alpha value is -4.63. The molecule has 1 aromatic heterocycles. The van der Waals surface area contributed by atoms with Crippen molar-refractivity contribution < 1.29 is 23.7 Å². The van der Waals surface area contributed by atoms with Crippen LogP contribution in [0.2, 0.25) is 0 Å². The number of hydrogen-bond acceptors (Lipinski definition) is 8. The Morgan fingerprint density at radius 1 is 1.00 bits per heavy atom. The maximum absolute atomic E-state index is 13.9. The largest absolute Gasteiger partial charge is 0.493 e. The number of esters is 1. The number of methoxy groups -OCH3 is 2. The topological polar surface area (TPSA) is 88.4 Å². The minimum Gasteiger partial charge on any atom is -0.493 e. The van der Waals surface area contributed by atoms with Gasteiger partial charge in [-0.1, -0.05) is 59.9 Å². The molecule has 0 saturated heterocycles. The summed E-state index contributed by atoms with van der Waals surface area (Å²) in [6.07, 6.45) is 1.82. The fourth-order valence-corrected chi connectivity index (χ4v) is 5.73. The Bertz CT molecular complexity index is 1770. The molecule has 0 saturated carbocycles. The van der Waals surface area contributed by atoms with E-state index in [0.717, 1.165) is 16.9 Å². The van der Waals surface area contributed by atoms with Gasteiger partial charge >= 0.3 is 5.97 Å². The zero-order valence-corrected chi connectivity index (χ0v) is 24.1. The lowest BCUT2D eigenvalue weighted by Crippen LogP contribution is -2.39. The molecule has 1 aliphatic rings. The van der Waals surface area contributed by atoms with E-state index < -0.39 is 12.0 Å². The van der Waals surface area contributed by atoms with Gasteiger partial charge in [0.1, 0.15) is 12.4 Å². The minimum absolute atomic E-state index is 0.198. The van der Waals surface area contributed by atoms with E-state index in [-0.39, 0.29) is 12.2 Å². The third kappa shape index (κ3) is 5.81. The number of carbonyl (C=O) groups excluding carboxylic acids is 1. The smallest absolute Gasteiger partial charge is 0.338 e. The van der Waals surface area contributed by atoms with Crippen LogP contribution in [0, 0.1) is 0 Å². The Labute approximate surface area is 241 Å². The first-order valence-electron chi connectivity index (χ1n) is 13.1. The molecule has 1 aliphatic heterocycles. The number of fused-ring (bicyclic) bond motifs is 1. The summed E-state index contributed by atoms with van der Waals surface area (Å²) in [4.78, 5) is 32.1. The molecule has 0 fully saturated rings. The summed E-state index contributed by atoms with van der Waals surface area (Å²) in [6, 6.07) is 22.1. The monoisotopic (exact) mass is 570 g/mol. The number of allylic oxidation sites excluding steroid dienone is 1. The molecule has 0 N–H and O–H groups in total. The molecular weight excluding hydrogens is 540 g/mol. The second-order valence-electron chi connectivity index (χ2n) is 9.26. The van der Waals surface area contributed by atoms with E-state index in [1.165, 1.54) is 11.3 Å². The van der Waals surface area contributed by atoms with Gasteiger partial charge in [0.25, 0.3) is 5.56 Å². The maximum atomic E-state index is 13.9. The predicted octanol–water partition coefficient (Wildman–Crippen LogP) is 4.39. The summed E-state index contributed by atoms with van der Waals surface area (Å²) in [5.41, 5.74) is 3.14. The van der Waals surface area contributed by atoms with Crippen LogP contribution < -0.4 is 29.1 Å². The summed E-state index contributed by atoms with van der Waals surface area (Å²) in [5, 5.41) is 0. The molecule has 8 nitrogen and oxygen atoms in total. The van der Waals surface area contributed by atoms with Crippen molar-refractivity contribution in [2.24, 2.45) is 4.99 Å². The lowest BCUT2D eigenvalue weighted by molar-refractivity contribution is -0.139. The lowest BCUT2D eigenvalue weighted by atomic mass is 9.95. The zero-order valence-electron chi connectivity index (χ0n) is 23.2. The van der Waals surface area contributed by atoms with Crippen molar-refractivity contribution in [1.29, 1.82) is 0 Å². The van der Waals surface area contributed by atoms with E-state index in [4.69, 9.17) is 18.9 Å². The Morgan fingerprint density at radius 3 is 2.41 bits per heavy atom. The first-order chi connectivity index (χ1) is 19.9. The molecule has 9 heteroatoms. The van der Waals surface area contributed by atoms with Crippen LogP contribution in [0.4, 0.5) is 0 Å². The van der Waals surface area contributed by atoms with Gasteiger partial charge in [0.05, 0.1) is 42.7 Å². The molecule has 0 radical (unpaired) electrons. The zero-order chi connectivity index (χ0) is 28.9. The van der Waals surface area contributed by atoms with Gasteiger partial charge in [-0.2, -0.15) is 0 Å². The van der Waals surface area contributed by atoms with E-state index in [2.05, 4.69) is 4.99 Å². The molecule has 5 rings (SSSR count). The number of hydrogen-bond donors (Lipinski definition) is 0. The van der Waals surface area contributed by atoms with Crippen LogP contribution in [0.3, 0.4) is 0 Å². The van der Waals surface area contributed by atoms with Crippen LogP contribution >= 0.6 is 11.3 Å². The van der Waals surface area contributed by atoms with Gasteiger partial charge in [0, 0.05) is 0 Å². The standard InChI is InChI=1S/C32H30N2O6S/c1-5-39-31(36)28-20(2)33-32-34(29(28)23-13-16-25(37-3)26(18-23)38-4)30(35)27(41-32)17-21-11-14-24(15-12-21)40-19-22-9-7-6-8-10-22/h6-18,29H,5,19H2,1-4H3/b27-17-/t29-/m0/s1. The van der Waals surface area contributed by atoms with Gasteiger partial charge in [0.15, 0.2) is 16.3 Å². The molecule has 0 aliphatic carbocycles. The maximum Gasteiger partial charge on any atom is 0.338 e. The molecule has 1 atom stereocenters. The first kappa shape index (κ1) is 27.9. The SMILES string of the molecule is CCOC(=O)C1=C(C)N=c2s/c(=C\c3ccc(OCc4ccccc4)cc3)c(=O)n2[C@H]1c1ccc(OC)c(OC)c1. The van der Waals surface area contributed by atoms with Crippen LogP contribution in [0.15, 0.2) is 93.9 Å². The second-order valence-corrected chi connectivity index (χ2v) is 10.3. The number of rotatable bonds is 9. The molecule has 0 unspecified atom stereocenters. The number of nitrogens with zero attached hydrogens (tertiary/aromatic N) is 2. The summed E-state index contributed by atoms with van der Waals surface area (Å²) in [5.74, 6) is 1.24. The lowest BCUT2D eigenvalue weighted by Gasteiger charge is -2.25. The van der Waals surface area contributed by atoms with E-state index in [0.29, 0.717) is 44.3 Å². The average Bonchev–Trinajstić information content (AvgIpc) is 3.30. The quantitative estimate of drug-likeness (QED) is 0.277. The number of benzene rings is 3. The van der Waals surface area contributed by atoms with Crippen molar-refractivity contribution in [3.05, 3.63) is 120 Å². The molecule has 0 spiro atoms. The third-order valence-corrected chi connectivity index (χ3v) is 7.65. The highest BCUT2D eigenvalue weighted by atomic mass is 32.1. The molecule has 0 bridgehead atoms. The van der Waals surface area contributed by atoms with E-state index in [1.54, 1.807) is 44.8 Å². The van der Waals surface area contributed by atoms with Crippen LogP contribution in [0.25, 0.3) is 6.08 Å². The summed E-state index contributed by atoms with van der Waals surface area (Å²) >= 11 is 1.27. The molecule has 41 heavy (non-hydrogen) atoms. The van der Waals surface area contributed by atoms with Gasteiger partial charge < -0.3 is 18.9 Å². The van der Waals surface area contributed by atoms with Crippen molar-refractivity contribution in [2.45, 2.75) is 26.5 Å². The molecule has 0 amide bonds. The predicted molar refractivity (Wildman–Crippen MR) is 157 cm³/mol. The van der Waals surface area contributed by atoms with E-state index in [1.807, 2.05) is 66.7 Å². The van der Waals surface area contributed by atoms with E-state index >= 15 is 0 Å². The second kappa shape index (κ2) is 12.3. The molecule has 2 heterocycles. The van der Waals surface area contributed by atoms with Gasteiger partial charge in [-0.15, -0.1) is 0 Å². The van der Waals surface area contributed by atoms with Crippen LogP contribution in [0.5, 0.6) is 17.2 Å². The fourth-order valence-electron chi connectivity index (χ4n) is 4.68. The summed E-state index contributed by atoms with van der Waals surface area (Å²) in [7, 11) is 3.09. The van der Waals surface area contributed by atoms with Crippen LogP contribution in [-0.4, -0.2) is 31.4 Å². The van der Waals surface area contributed by atoms with Crippen molar-refractivity contribution >= 4 is 23.4 Å². The van der Waals surface area contributed by atoms with Crippen molar-refractivity contribution in [2.75, 3.05) is 20.8 Å². The molecular formula is C32H30N2O6S. The highest BCUT2D eigenvalue weighted by molar-refractivity contribution is 7.07.